The van der Waals surface area contributed by atoms with Gasteiger partial charge in [0, 0.05) is 22.9 Å². The molecule has 5 nitrogen and oxygen atoms in total. The number of carbonyl (C=O) groups is 1. The zero-order valence-corrected chi connectivity index (χ0v) is 20.7. The van der Waals surface area contributed by atoms with E-state index < -0.39 is 0 Å². The number of allylic oxidation sites excluding steroid dienone is 1. The van der Waals surface area contributed by atoms with E-state index in [-0.39, 0.29) is 11.5 Å². The summed E-state index contributed by atoms with van der Waals surface area (Å²) in [5, 5.41) is 5.57. The van der Waals surface area contributed by atoms with Crippen LogP contribution in [0.4, 0.5) is 0 Å². The number of hydrogen-bond donors (Lipinski definition) is 0. The average Bonchev–Trinajstić information content (AvgIpc) is 3.58. The summed E-state index contributed by atoms with van der Waals surface area (Å²) in [5.41, 5.74) is 3.94. The molecule has 7 heteroatoms. The molecule has 0 unspecified atom stereocenters. The fourth-order valence-corrected chi connectivity index (χ4v) is 4.15. The summed E-state index contributed by atoms with van der Waals surface area (Å²) in [7, 11) is 1.62. The largest absolute Gasteiger partial charge is 0.497 e. The number of carbonyl (C=O) groups excluding carboxylic acids is 1. The highest BCUT2D eigenvalue weighted by atomic mass is 35.5. The van der Waals surface area contributed by atoms with E-state index in [4.69, 9.17) is 37.5 Å². The molecule has 0 aliphatic rings. The minimum absolute atomic E-state index is 0.193. The Morgan fingerprint density at radius 1 is 0.944 bits per heavy atom. The van der Waals surface area contributed by atoms with Crippen molar-refractivity contribution in [3.05, 3.63) is 119 Å². The molecule has 0 amide bonds. The van der Waals surface area contributed by atoms with Crippen LogP contribution < -0.4 is 4.74 Å². The Kier molecular flexibility index (Phi) is 6.76. The average molecular weight is 515 g/mol. The summed E-state index contributed by atoms with van der Waals surface area (Å²) in [6.07, 6.45) is 5.10. The molecule has 2 aromatic heterocycles. The van der Waals surface area contributed by atoms with Crippen molar-refractivity contribution >= 4 is 35.1 Å². The maximum Gasteiger partial charge on any atom is 0.221 e. The van der Waals surface area contributed by atoms with Crippen molar-refractivity contribution in [1.82, 2.24) is 9.78 Å². The zero-order valence-electron chi connectivity index (χ0n) is 19.2. The fraction of sp³-hybridized carbons (Fsp3) is 0.0345. The molecule has 0 saturated heterocycles. The highest BCUT2D eigenvalue weighted by molar-refractivity contribution is 6.43. The predicted molar refractivity (Wildman–Crippen MR) is 143 cm³/mol. The number of rotatable bonds is 7. The van der Waals surface area contributed by atoms with Crippen LogP contribution in [0.3, 0.4) is 0 Å². The molecule has 3 aromatic carbocycles. The molecule has 2 heterocycles. The maximum atomic E-state index is 12.9. The molecule has 36 heavy (non-hydrogen) atoms. The number of nitrogens with zero attached hydrogens (tertiary/aromatic N) is 2. The Morgan fingerprint density at radius 2 is 1.72 bits per heavy atom. The standard InChI is InChI=1S/C29H20Cl2N2O3/c1-35-22-13-10-19(11-14-22)29-20(18-33(32-29)21-6-3-2-4-7-21)12-15-25(34)27-17-16-26(36-27)23-8-5-9-24(30)28(23)31/h2-18H,1H3. The molecule has 0 spiro atoms. The van der Waals surface area contributed by atoms with Gasteiger partial charge in [0.1, 0.15) is 11.5 Å². The van der Waals surface area contributed by atoms with Gasteiger partial charge in [-0.25, -0.2) is 4.68 Å². The van der Waals surface area contributed by atoms with Gasteiger partial charge >= 0.3 is 0 Å². The van der Waals surface area contributed by atoms with Gasteiger partial charge in [-0.05, 0) is 72.8 Å². The predicted octanol–water partition coefficient (Wildman–Crippen LogP) is 8.01. The number of aromatic nitrogens is 2. The molecule has 0 atom stereocenters. The van der Waals surface area contributed by atoms with Crippen molar-refractivity contribution in [1.29, 1.82) is 0 Å². The van der Waals surface area contributed by atoms with Gasteiger partial charge in [0.25, 0.3) is 0 Å². The third-order valence-corrected chi connectivity index (χ3v) is 6.43. The second-order valence-electron chi connectivity index (χ2n) is 7.90. The second-order valence-corrected chi connectivity index (χ2v) is 8.69. The SMILES string of the molecule is COc1ccc(-c2nn(-c3ccccc3)cc2C=CC(=O)c2ccc(-c3cccc(Cl)c3Cl)o2)cc1. The highest BCUT2D eigenvalue weighted by Gasteiger charge is 2.15. The van der Waals surface area contributed by atoms with Crippen molar-refractivity contribution in [2.75, 3.05) is 7.11 Å². The molecular formula is C29H20Cl2N2O3. The normalized spacial score (nSPS) is 11.2. The summed E-state index contributed by atoms with van der Waals surface area (Å²) in [4.78, 5) is 12.9. The van der Waals surface area contributed by atoms with E-state index in [9.17, 15) is 4.79 Å². The summed E-state index contributed by atoms with van der Waals surface area (Å²) in [5.74, 6) is 1.13. The van der Waals surface area contributed by atoms with Gasteiger partial charge in [-0.1, -0.05) is 47.5 Å². The van der Waals surface area contributed by atoms with E-state index in [2.05, 4.69) is 0 Å². The molecule has 0 N–H and O–H groups in total. The van der Waals surface area contributed by atoms with Crippen LogP contribution in [0.2, 0.25) is 10.0 Å². The lowest BCUT2D eigenvalue weighted by Gasteiger charge is -2.02. The molecule has 5 aromatic rings. The Morgan fingerprint density at radius 3 is 2.47 bits per heavy atom. The van der Waals surface area contributed by atoms with E-state index in [0.717, 1.165) is 28.3 Å². The minimum atomic E-state index is -0.285. The second kappa shape index (κ2) is 10.3. The third-order valence-electron chi connectivity index (χ3n) is 5.61. The summed E-state index contributed by atoms with van der Waals surface area (Å²) in [6, 6.07) is 26.0. The van der Waals surface area contributed by atoms with Crippen molar-refractivity contribution in [2.24, 2.45) is 0 Å². The Hall–Kier alpha value is -4.06. The number of benzene rings is 3. The molecule has 0 fully saturated rings. The van der Waals surface area contributed by atoms with Gasteiger partial charge < -0.3 is 9.15 Å². The van der Waals surface area contributed by atoms with Crippen molar-refractivity contribution in [3.63, 3.8) is 0 Å². The van der Waals surface area contributed by atoms with Crippen LogP contribution in [0, 0.1) is 0 Å². The van der Waals surface area contributed by atoms with Gasteiger partial charge in [-0.15, -0.1) is 0 Å². The van der Waals surface area contributed by atoms with Gasteiger partial charge in [0.05, 0.1) is 28.5 Å². The maximum absolute atomic E-state index is 12.9. The zero-order chi connectivity index (χ0) is 25.1. The first-order valence-corrected chi connectivity index (χ1v) is 11.9. The molecular weight excluding hydrogens is 495 g/mol. The lowest BCUT2D eigenvalue weighted by Crippen LogP contribution is -1.94. The van der Waals surface area contributed by atoms with E-state index in [0.29, 0.717) is 21.4 Å². The first-order chi connectivity index (χ1) is 17.5. The van der Waals surface area contributed by atoms with Gasteiger partial charge in [-0.3, -0.25) is 4.79 Å². The smallest absolute Gasteiger partial charge is 0.221 e. The van der Waals surface area contributed by atoms with Crippen LogP contribution in [-0.4, -0.2) is 22.7 Å². The van der Waals surface area contributed by atoms with E-state index in [1.54, 1.807) is 48.2 Å². The summed E-state index contributed by atoms with van der Waals surface area (Å²) in [6.45, 7) is 0. The highest BCUT2D eigenvalue weighted by Crippen LogP contribution is 2.34. The summed E-state index contributed by atoms with van der Waals surface area (Å²) < 4.78 is 12.9. The fourth-order valence-electron chi connectivity index (χ4n) is 3.75. The van der Waals surface area contributed by atoms with Crippen LogP contribution in [0.15, 0.2) is 102 Å². The molecule has 178 valence electrons. The van der Waals surface area contributed by atoms with Crippen LogP contribution in [0.5, 0.6) is 5.75 Å². The first kappa shape index (κ1) is 23.7. The van der Waals surface area contributed by atoms with Gasteiger partial charge in [-0.2, -0.15) is 5.10 Å². The number of methoxy groups -OCH3 is 1. The lowest BCUT2D eigenvalue weighted by atomic mass is 10.1. The van der Waals surface area contributed by atoms with Gasteiger partial charge in [0.2, 0.25) is 5.78 Å². The number of para-hydroxylation sites is 1. The first-order valence-electron chi connectivity index (χ1n) is 11.1. The molecule has 0 bridgehead atoms. The van der Waals surface area contributed by atoms with Crippen molar-refractivity contribution in [3.8, 4) is 34.0 Å². The Balaban J connectivity index is 1.46. The van der Waals surface area contributed by atoms with Crippen molar-refractivity contribution < 1.29 is 13.9 Å². The quantitative estimate of drug-likeness (QED) is 0.163. The summed E-state index contributed by atoms with van der Waals surface area (Å²) >= 11 is 12.4. The molecule has 5 rings (SSSR count). The van der Waals surface area contributed by atoms with Crippen LogP contribution in [0.1, 0.15) is 16.1 Å². The number of ether oxygens (including phenoxy) is 1. The van der Waals surface area contributed by atoms with E-state index in [1.165, 1.54) is 6.08 Å². The topological polar surface area (TPSA) is 57.3 Å². The number of hydrogen-bond acceptors (Lipinski definition) is 4. The molecule has 0 aliphatic carbocycles. The Labute approximate surface area is 218 Å². The molecule has 0 saturated carbocycles. The number of ketones is 1. The lowest BCUT2D eigenvalue weighted by molar-refractivity contribution is 0.102. The molecule has 0 aliphatic heterocycles. The minimum Gasteiger partial charge on any atom is -0.497 e. The van der Waals surface area contributed by atoms with Gasteiger partial charge in [0.15, 0.2) is 5.76 Å². The molecule has 0 radical (unpaired) electrons. The number of furan rings is 1. The third kappa shape index (κ3) is 4.85. The van der Waals surface area contributed by atoms with E-state index >= 15 is 0 Å². The Bertz CT molecular complexity index is 1550. The monoisotopic (exact) mass is 514 g/mol. The van der Waals surface area contributed by atoms with Crippen LogP contribution in [0.25, 0.3) is 34.3 Å². The van der Waals surface area contributed by atoms with Crippen molar-refractivity contribution in [2.45, 2.75) is 0 Å². The van der Waals surface area contributed by atoms with Crippen LogP contribution >= 0.6 is 23.2 Å². The number of halogens is 2. The van der Waals surface area contributed by atoms with E-state index in [1.807, 2.05) is 60.8 Å². The van der Waals surface area contributed by atoms with Crippen LogP contribution in [-0.2, 0) is 0 Å².